The molecule has 2 rings (SSSR count). The number of hydrogen-bond donors (Lipinski definition) is 0. The SMILES string of the molecule is CN(Cc1ccc(Br)cn1)C1CCCCC1Cl. The molecule has 1 heterocycles. The van der Waals surface area contributed by atoms with E-state index in [2.05, 4.69) is 38.9 Å². The van der Waals surface area contributed by atoms with Gasteiger partial charge in [-0.25, -0.2) is 0 Å². The average Bonchev–Trinajstić information content (AvgIpc) is 2.32. The quantitative estimate of drug-likeness (QED) is 0.788. The first-order valence-electron chi connectivity index (χ1n) is 6.11. The summed E-state index contributed by atoms with van der Waals surface area (Å²) < 4.78 is 1.02. The van der Waals surface area contributed by atoms with Crippen molar-refractivity contribution < 1.29 is 0 Å². The van der Waals surface area contributed by atoms with Gasteiger partial charge in [0.1, 0.15) is 0 Å². The predicted octanol–water partition coefficient (Wildman–Crippen LogP) is 3.83. The van der Waals surface area contributed by atoms with Crippen LogP contribution in [0, 0.1) is 0 Å². The normalized spacial score (nSPS) is 25.2. The van der Waals surface area contributed by atoms with Crippen molar-refractivity contribution in [3.05, 3.63) is 28.5 Å². The molecular formula is C13H18BrClN2. The van der Waals surface area contributed by atoms with Crippen LogP contribution in [0.5, 0.6) is 0 Å². The summed E-state index contributed by atoms with van der Waals surface area (Å²) in [5, 5.41) is 0.296. The molecule has 0 aliphatic heterocycles. The summed E-state index contributed by atoms with van der Waals surface area (Å²) in [5.74, 6) is 0. The number of hydrogen-bond acceptors (Lipinski definition) is 2. The van der Waals surface area contributed by atoms with Gasteiger partial charge in [-0.05, 0) is 48.0 Å². The number of alkyl halides is 1. The summed E-state index contributed by atoms with van der Waals surface area (Å²) in [4.78, 5) is 6.75. The van der Waals surface area contributed by atoms with Crippen LogP contribution < -0.4 is 0 Å². The second-order valence-corrected chi connectivity index (χ2v) is 6.23. The Morgan fingerprint density at radius 3 is 2.82 bits per heavy atom. The van der Waals surface area contributed by atoms with Crippen LogP contribution in [0.3, 0.4) is 0 Å². The number of halogens is 2. The maximum atomic E-state index is 6.40. The van der Waals surface area contributed by atoms with E-state index in [1.807, 2.05) is 12.3 Å². The molecule has 0 N–H and O–H groups in total. The first-order chi connectivity index (χ1) is 8.16. The molecule has 2 nitrogen and oxygen atoms in total. The summed E-state index contributed by atoms with van der Waals surface area (Å²) in [6, 6.07) is 4.60. The molecular weight excluding hydrogens is 300 g/mol. The topological polar surface area (TPSA) is 16.1 Å². The zero-order chi connectivity index (χ0) is 12.3. The van der Waals surface area contributed by atoms with E-state index in [0.29, 0.717) is 11.4 Å². The van der Waals surface area contributed by atoms with Crippen LogP contribution in [0.25, 0.3) is 0 Å². The van der Waals surface area contributed by atoms with Crippen molar-refractivity contribution in [3.63, 3.8) is 0 Å². The van der Waals surface area contributed by atoms with Crippen LogP contribution in [-0.4, -0.2) is 28.4 Å². The largest absolute Gasteiger partial charge is 0.296 e. The molecule has 1 saturated carbocycles. The zero-order valence-corrected chi connectivity index (χ0v) is 12.4. The van der Waals surface area contributed by atoms with Crippen LogP contribution in [0.15, 0.2) is 22.8 Å². The van der Waals surface area contributed by atoms with E-state index >= 15 is 0 Å². The van der Waals surface area contributed by atoms with Gasteiger partial charge in [0.2, 0.25) is 0 Å². The maximum absolute atomic E-state index is 6.40. The average molecular weight is 318 g/mol. The minimum absolute atomic E-state index is 0.296. The fourth-order valence-electron chi connectivity index (χ4n) is 2.44. The highest BCUT2D eigenvalue weighted by atomic mass is 79.9. The van der Waals surface area contributed by atoms with Crippen molar-refractivity contribution in [2.24, 2.45) is 0 Å². The van der Waals surface area contributed by atoms with Gasteiger partial charge < -0.3 is 0 Å². The van der Waals surface area contributed by atoms with Crippen molar-refractivity contribution in [3.8, 4) is 0 Å². The molecule has 1 aromatic heterocycles. The second kappa shape index (κ2) is 6.17. The lowest BCUT2D eigenvalue weighted by Gasteiger charge is -2.34. The zero-order valence-electron chi connectivity index (χ0n) is 10.1. The second-order valence-electron chi connectivity index (χ2n) is 4.75. The molecule has 0 radical (unpaired) electrons. The highest BCUT2D eigenvalue weighted by Crippen LogP contribution is 2.27. The van der Waals surface area contributed by atoms with Crippen LogP contribution in [0.1, 0.15) is 31.4 Å². The first kappa shape index (κ1) is 13.3. The summed E-state index contributed by atoms with van der Waals surface area (Å²) in [6.45, 7) is 0.876. The monoisotopic (exact) mass is 316 g/mol. The molecule has 0 aromatic carbocycles. The third-order valence-corrected chi connectivity index (χ3v) is 4.39. The lowest BCUT2D eigenvalue weighted by Crippen LogP contribution is -2.40. The molecule has 0 saturated heterocycles. The number of rotatable bonds is 3. The predicted molar refractivity (Wildman–Crippen MR) is 75.3 cm³/mol. The molecule has 1 aromatic rings. The van der Waals surface area contributed by atoms with Gasteiger partial charge in [0.05, 0.1) is 5.69 Å². The van der Waals surface area contributed by atoms with Crippen LogP contribution in [0.2, 0.25) is 0 Å². The van der Waals surface area contributed by atoms with Crippen molar-refractivity contribution in [1.82, 2.24) is 9.88 Å². The molecule has 0 amide bonds. The third-order valence-electron chi connectivity index (χ3n) is 3.41. The Labute approximate surface area is 116 Å². The van der Waals surface area contributed by atoms with Gasteiger partial charge >= 0.3 is 0 Å². The van der Waals surface area contributed by atoms with Crippen LogP contribution in [-0.2, 0) is 6.54 Å². The highest BCUT2D eigenvalue weighted by Gasteiger charge is 2.26. The Balaban J connectivity index is 1.95. The molecule has 1 aliphatic carbocycles. The number of pyridine rings is 1. The third kappa shape index (κ3) is 3.67. The Bertz CT molecular complexity index is 355. The Hall–Kier alpha value is -0.120. The summed E-state index contributed by atoms with van der Waals surface area (Å²) in [6.07, 6.45) is 6.77. The van der Waals surface area contributed by atoms with Crippen molar-refractivity contribution in [2.45, 2.75) is 43.6 Å². The van der Waals surface area contributed by atoms with Crippen molar-refractivity contribution in [2.75, 3.05) is 7.05 Å². The Morgan fingerprint density at radius 1 is 1.41 bits per heavy atom. The first-order valence-corrected chi connectivity index (χ1v) is 7.34. The van der Waals surface area contributed by atoms with E-state index in [0.717, 1.165) is 23.1 Å². The Morgan fingerprint density at radius 2 is 2.18 bits per heavy atom. The van der Waals surface area contributed by atoms with E-state index in [1.165, 1.54) is 19.3 Å². The molecule has 4 heteroatoms. The Kier molecular flexibility index (Phi) is 4.83. The van der Waals surface area contributed by atoms with Gasteiger partial charge in [-0.1, -0.05) is 12.8 Å². The molecule has 0 bridgehead atoms. The van der Waals surface area contributed by atoms with Gasteiger partial charge in [0.25, 0.3) is 0 Å². The number of aromatic nitrogens is 1. The fraction of sp³-hybridized carbons (Fsp3) is 0.615. The summed E-state index contributed by atoms with van der Waals surface area (Å²) in [5.41, 5.74) is 1.10. The van der Waals surface area contributed by atoms with E-state index in [9.17, 15) is 0 Å². The molecule has 2 unspecified atom stereocenters. The lowest BCUT2D eigenvalue weighted by atomic mass is 9.94. The highest BCUT2D eigenvalue weighted by molar-refractivity contribution is 9.10. The standard InChI is InChI=1S/C13H18BrClN2/c1-17(13-5-3-2-4-12(13)15)9-11-7-6-10(14)8-16-11/h6-8,12-13H,2-5,9H2,1H3. The summed E-state index contributed by atoms with van der Waals surface area (Å²) >= 11 is 9.80. The van der Waals surface area contributed by atoms with E-state index < -0.39 is 0 Å². The lowest BCUT2D eigenvalue weighted by molar-refractivity contribution is 0.186. The molecule has 17 heavy (non-hydrogen) atoms. The van der Waals surface area contributed by atoms with Crippen LogP contribution in [0.4, 0.5) is 0 Å². The molecule has 0 spiro atoms. The van der Waals surface area contributed by atoms with E-state index in [1.54, 1.807) is 0 Å². The van der Waals surface area contributed by atoms with Gasteiger partial charge in [0, 0.05) is 28.6 Å². The maximum Gasteiger partial charge on any atom is 0.0544 e. The number of nitrogens with zero attached hydrogens (tertiary/aromatic N) is 2. The van der Waals surface area contributed by atoms with Crippen molar-refractivity contribution in [1.29, 1.82) is 0 Å². The summed E-state index contributed by atoms with van der Waals surface area (Å²) in [7, 11) is 2.15. The van der Waals surface area contributed by atoms with E-state index in [-0.39, 0.29) is 0 Å². The van der Waals surface area contributed by atoms with Gasteiger partial charge in [-0.3, -0.25) is 9.88 Å². The molecule has 94 valence electrons. The van der Waals surface area contributed by atoms with Gasteiger partial charge in [-0.2, -0.15) is 0 Å². The molecule has 1 fully saturated rings. The molecule has 1 aliphatic rings. The van der Waals surface area contributed by atoms with Gasteiger partial charge in [-0.15, -0.1) is 11.6 Å². The van der Waals surface area contributed by atoms with E-state index in [4.69, 9.17) is 11.6 Å². The molecule has 2 atom stereocenters. The smallest absolute Gasteiger partial charge is 0.0544 e. The minimum atomic E-state index is 0.296. The van der Waals surface area contributed by atoms with Gasteiger partial charge in [0.15, 0.2) is 0 Å². The van der Waals surface area contributed by atoms with Crippen LogP contribution >= 0.6 is 27.5 Å². The van der Waals surface area contributed by atoms with Crippen molar-refractivity contribution >= 4 is 27.5 Å². The fourth-order valence-corrected chi connectivity index (χ4v) is 3.14. The minimum Gasteiger partial charge on any atom is -0.296 e.